The van der Waals surface area contributed by atoms with E-state index in [-0.39, 0.29) is 5.41 Å². The first-order valence-electron chi connectivity index (χ1n) is 10.0. The van der Waals surface area contributed by atoms with Crippen LogP contribution in [0.2, 0.25) is 0 Å². The van der Waals surface area contributed by atoms with Crippen molar-refractivity contribution in [3.63, 3.8) is 0 Å². The molecule has 1 aliphatic carbocycles. The monoisotopic (exact) mass is 363 g/mol. The van der Waals surface area contributed by atoms with Crippen LogP contribution in [0, 0.1) is 12.3 Å². The molecule has 0 fully saturated rings. The predicted octanol–water partition coefficient (Wildman–Crippen LogP) is 7.45. The zero-order valence-corrected chi connectivity index (χ0v) is 17.0. The van der Waals surface area contributed by atoms with Crippen LogP contribution in [0.3, 0.4) is 0 Å². The highest BCUT2D eigenvalue weighted by Gasteiger charge is 2.23. The van der Waals surface area contributed by atoms with Crippen molar-refractivity contribution in [1.29, 1.82) is 0 Å². The average Bonchev–Trinajstić information content (AvgIpc) is 2.76. The maximum absolute atomic E-state index is 4.83. The summed E-state index contributed by atoms with van der Waals surface area (Å²) in [7, 11) is 0. The van der Waals surface area contributed by atoms with Crippen molar-refractivity contribution in [2.24, 2.45) is 5.41 Å². The number of hydrogen-bond acceptors (Lipinski definition) is 1. The van der Waals surface area contributed by atoms with E-state index >= 15 is 0 Å². The van der Waals surface area contributed by atoms with Crippen LogP contribution in [0.5, 0.6) is 0 Å². The molecule has 5 rings (SSSR count). The Morgan fingerprint density at radius 3 is 2.29 bits per heavy atom. The highest BCUT2D eigenvalue weighted by atomic mass is 14.7. The van der Waals surface area contributed by atoms with Crippen LogP contribution in [0.4, 0.5) is 0 Å². The molecule has 1 nitrogen and oxygen atoms in total. The highest BCUT2D eigenvalue weighted by Crippen LogP contribution is 2.47. The van der Waals surface area contributed by atoms with Crippen molar-refractivity contribution >= 4 is 10.8 Å². The number of nitrogens with zero attached hydrogens (tertiary/aromatic N) is 1. The van der Waals surface area contributed by atoms with Crippen molar-refractivity contribution < 1.29 is 0 Å². The Balaban J connectivity index is 1.90. The van der Waals surface area contributed by atoms with Gasteiger partial charge in [-0.25, -0.2) is 0 Å². The Labute approximate surface area is 167 Å². The molecule has 1 heteroatoms. The Morgan fingerprint density at radius 1 is 0.750 bits per heavy atom. The number of aromatic nitrogens is 1. The molecule has 0 aliphatic heterocycles. The van der Waals surface area contributed by atoms with Crippen molar-refractivity contribution in [3.8, 4) is 33.5 Å². The van der Waals surface area contributed by atoms with Crippen LogP contribution in [0.1, 0.15) is 31.9 Å². The molecule has 0 N–H and O–H groups in total. The Kier molecular flexibility index (Phi) is 3.71. The molecule has 4 aromatic rings. The minimum atomic E-state index is 0.263. The molecule has 0 unspecified atom stereocenters. The van der Waals surface area contributed by atoms with Crippen molar-refractivity contribution in [2.75, 3.05) is 0 Å². The third-order valence-corrected chi connectivity index (χ3v) is 5.59. The van der Waals surface area contributed by atoms with Gasteiger partial charge < -0.3 is 0 Å². The third kappa shape index (κ3) is 2.74. The van der Waals surface area contributed by atoms with Gasteiger partial charge in [0.2, 0.25) is 0 Å². The fourth-order valence-electron chi connectivity index (χ4n) is 4.58. The van der Waals surface area contributed by atoms with Gasteiger partial charge in [0, 0.05) is 17.1 Å². The van der Waals surface area contributed by atoms with Crippen LogP contribution in [-0.2, 0) is 6.42 Å². The van der Waals surface area contributed by atoms with E-state index in [0.29, 0.717) is 0 Å². The SMILES string of the molecule is Cc1cc2c3c(nccc3c1)-c1ccccc1-c1cc(CC(C)(C)C)ccc1-2. The van der Waals surface area contributed by atoms with Gasteiger partial charge in [0.15, 0.2) is 0 Å². The number of hydrogen-bond donors (Lipinski definition) is 0. The average molecular weight is 364 g/mol. The predicted molar refractivity (Wildman–Crippen MR) is 120 cm³/mol. The first-order chi connectivity index (χ1) is 13.4. The van der Waals surface area contributed by atoms with Gasteiger partial charge in [0.05, 0.1) is 5.69 Å². The lowest BCUT2D eigenvalue weighted by Gasteiger charge is -2.20. The second-order valence-corrected chi connectivity index (χ2v) is 9.23. The zero-order chi connectivity index (χ0) is 19.5. The van der Waals surface area contributed by atoms with Gasteiger partial charge in [-0.15, -0.1) is 0 Å². The standard InChI is InChI=1S/C27H25N/c1-17-13-19-11-12-28-26-22-8-6-5-7-20(22)23-15-18(16-27(2,3)4)9-10-21(23)24(14-17)25(19)26/h5-15H,16H2,1-4H3. The van der Waals surface area contributed by atoms with Crippen LogP contribution in [0.25, 0.3) is 44.3 Å². The Morgan fingerprint density at radius 2 is 1.50 bits per heavy atom. The molecule has 28 heavy (non-hydrogen) atoms. The quantitative estimate of drug-likeness (QED) is 0.301. The van der Waals surface area contributed by atoms with E-state index in [1.807, 2.05) is 6.20 Å². The van der Waals surface area contributed by atoms with E-state index in [0.717, 1.165) is 12.1 Å². The van der Waals surface area contributed by atoms with Crippen molar-refractivity contribution in [3.05, 3.63) is 78.0 Å². The van der Waals surface area contributed by atoms with E-state index in [2.05, 4.69) is 88.4 Å². The minimum Gasteiger partial charge on any atom is -0.256 e. The fourth-order valence-corrected chi connectivity index (χ4v) is 4.58. The summed E-state index contributed by atoms with van der Waals surface area (Å²) in [6.45, 7) is 9.09. The third-order valence-electron chi connectivity index (χ3n) is 5.59. The first-order valence-corrected chi connectivity index (χ1v) is 10.0. The highest BCUT2D eigenvalue weighted by molar-refractivity contribution is 6.12. The van der Waals surface area contributed by atoms with E-state index in [1.165, 1.54) is 49.7 Å². The number of pyridine rings is 1. The van der Waals surface area contributed by atoms with Crippen molar-refractivity contribution in [1.82, 2.24) is 4.98 Å². The second kappa shape index (κ2) is 6.04. The first kappa shape index (κ1) is 17.2. The molecule has 3 aromatic carbocycles. The smallest absolute Gasteiger partial charge is 0.0792 e. The van der Waals surface area contributed by atoms with Crippen LogP contribution in [-0.4, -0.2) is 4.98 Å². The molecule has 0 radical (unpaired) electrons. The van der Waals surface area contributed by atoms with E-state index in [1.54, 1.807) is 0 Å². The number of aryl methyl sites for hydroxylation is 1. The second-order valence-electron chi connectivity index (χ2n) is 9.23. The molecule has 0 saturated carbocycles. The molecule has 0 amide bonds. The summed E-state index contributed by atoms with van der Waals surface area (Å²) in [5, 5.41) is 2.53. The molecule has 1 aromatic heterocycles. The lowest BCUT2D eigenvalue weighted by molar-refractivity contribution is 0.411. The van der Waals surface area contributed by atoms with Gasteiger partial charge in [0.25, 0.3) is 0 Å². The van der Waals surface area contributed by atoms with Gasteiger partial charge in [-0.3, -0.25) is 4.98 Å². The Hall–Kier alpha value is -2.93. The summed E-state index contributed by atoms with van der Waals surface area (Å²) in [6, 6.07) is 22.5. The largest absolute Gasteiger partial charge is 0.256 e. The Bertz CT molecular complexity index is 1220. The summed E-state index contributed by atoms with van der Waals surface area (Å²) >= 11 is 0. The maximum atomic E-state index is 4.83. The van der Waals surface area contributed by atoms with Gasteiger partial charge >= 0.3 is 0 Å². The molecule has 0 saturated heterocycles. The summed E-state index contributed by atoms with van der Waals surface area (Å²) in [5.41, 5.74) is 10.5. The lowest BCUT2D eigenvalue weighted by Crippen LogP contribution is -2.09. The molecule has 1 aliphatic rings. The summed E-state index contributed by atoms with van der Waals surface area (Å²) in [6.07, 6.45) is 3.01. The molecular formula is C27H25N. The van der Waals surface area contributed by atoms with Crippen molar-refractivity contribution in [2.45, 2.75) is 34.1 Å². The van der Waals surface area contributed by atoms with Gasteiger partial charge in [0.1, 0.15) is 0 Å². The number of rotatable bonds is 1. The van der Waals surface area contributed by atoms with Crippen LogP contribution in [0.15, 0.2) is 66.9 Å². The maximum Gasteiger partial charge on any atom is 0.0792 e. The molecule has 0 spiro atoms. The molecule has 138 valence electrons. The minimum absolute atomic E-state index is 0.263. The molecule has 0 bridgehead atoms. The summed E-state index contributed by atoms with van der Waals surface area (Å²) in [5.74, 6) is 0. The molecular weight excluding hydrogens is 338 g/mol. The van der Waals surface area contributed by atoms with E-state index in [4.69, 9.17) is 4.98 Å². The van der Waals surface area contributed by atoms with E-state index < -0.39 is 0 Å². The van der Waals surface area contributed by atoms with Gasteiger partial charge in [-0.2, -0.15) is 0 Å². The van der Waals surface area contributed by atoms with Gasteiger partial charge in [-0.1, -0.05) is 75.4 Å². The summed E-state index contributed by atoms with van der Waals surface area (Å²) < 4.78 is 0. The fraction of sp³-hybridized carbons (Fsp3) is 0.222. The number of benzene rings is 3. The van der Waals surface area contributed by atoms with E-state index in [9.17, 15) is 0 Å². The number of fused-ring (bicyclic) bond motifs is 5. The topological polar surface area (TPSA) is 12.9 Å². The normalized spacial score (nSPS) is 12.4. The lowest BCUT2D eigenvalue weighted by atomic mass is 9.85. The summed E-state index contributed by atoms with van der Waals surface area (Å²) in [4.78, 5) is 4.83. The van der Waals surface area contributed by atoms with Crippen LogP contribution < -0.4 is 0 Å². The molecule has 0 atom stereocenters. The van der Waals surface area contributed by atoms with Crippen LogP contribution >= 0.6 is 0 Å². The molecule has 1 heterocycles. The van der Waals surface area contributed by atoms with Gasteiger partial charge in [-0.05, 0) is 63.6 Å². The zero-order valence-electron chi connectivity index (χ0n) is 17.0.